The molecular formula is C4H5NS. The molecule has 0 aromatic carbocycles. The summed E-state index contributed by atoms with van der Waals surface area (Å²) in [5.41, 5.74) is 0. The maximum atomic E-state index is 4.77. The molecule has 0 saturated heterocycles. The van der Waals surface area contributed by atoms with E-state index >= 15 is 0 Å². The van der Waals surface area contributed by atoms with E-state index in [2.05, 4.69) is 4.99 Å². The average Bonchev–Trinajstić information content (AvgIpc) is 1.86. The molecule has 0 fully saturated rings. The zero-order valence-electron chi connectivity index (χ0n) is 3.35. The first-order valence-corrected chi connectivity index (χ1v) is 2.33. The number of thiocarbonyl (C=S) groups is 1. The normalized spacial score (nSPS) is 19.7. The molecule has 0 amide bonds. The first-order chi connectivity index (χ1) is 2.89. The largest absolute Gasteiger partial charge is 0.292 e. The van der Waals surface area contributed by atoms with Crippen LogP contribution in [0.1, 0.15) is 6.42 Å². The highest BCUT2D eigenvalue weighted by Gasteiger charge is 1.95. The second kappa shape index (κ2) is 1.47. The lowest BCUT2D eigenvalue weighted by Gasteiger charge is -1.72. The SMILES string of the molecule is S=C1C=NCC1. The third kappa shape index (κ3) is 0.627. The van der Waals surface area contributed by atoms with Crippen molar-refractivity contribution in [2.75, 3.05) is 6.54 Å². The van der Waals surface area contributed by atoms with Crippen LogP contribution in [0.3, 0.4) is 0 Å². The monoisotopic (exact) mass is 99.0 g/mol. The summed E-state index contributed by atoms with van der Waals surface area (Å²) in [5, 5.41) is 0. The molecule has 0 atom stereocenters. The standard InChI is InChI=1S/C4H5NS/c6-4-1-2-5-3-4/h3H,1-2H2. The highest BCUT2D eigenvalue weighted by atomic mass is 32.1. The summed E-state index contributed by atoms with van der Waals surface area (Å²) in [6, 6.07) is 0. The number of hydrogen-bond acceptors (Lipinski definition) is 2. The van der Waals surface area contributed by atoms with E-state index in [1.165, 1.54) is 0 Å². The summed E-state index contributed by atoms with van der Waals surface area (Å²) in [7, 11) is 0. The first-order valence-electron chi connectivity index (χ1n) is 1.92. The molecule has 1 aliphatic heterocycles. The summed E-state index contributed by atoms with van der Waals surface area (Å²) in [6.07, 6.45) is 2.75. The lowest BCUT2D eigenvalue weighted by Crippen LogP contribution is -1.84. The molecule has 1 rings (SSSR count). The topological polar surface area (TPSA) is 12.4 Å². The molecule has 2 heteroatoms. The Morgan fingerprint density at radius 2 is 2.67 bits per heavy atom. The molecule has 0 radical (unpaired) electrons. The predicted octanol–water partition coefficient (Wildman–Crippen LogP) is 0.831. The van der Waals surface area contributed by atoms with Gasteiger partial charge in [0.25, 0.3) is 0 Å². The van der Waals surface area contributed by atoms with E-state index in [0.29, 0.717) is 0 Å². The molecule has 0 aliphatic carbocycles. The quantitative estimate of drug-likeness (QED) is 0.410. The van der Waals surface area contributed by atoms with Crippen molar-refractivity contribution in [3.8, 4) is 0 Å². The van der Waals surface area contributed by atoms with Crippen LogP contribution in [0.15, 0.2) is 4.99 Å². The average molecular weight is 99.2 g/mol. The smallest absolute Gasteiger partial charge is 0.0438 e. The van der Waals surface area contributed by atoms with E-state index in [1.54, 1.807) is 6.21 Å². The number of hydrogen-bond donors (Lipinski definition) is 0. The molecule has 0 spiro atoms. The van der Waals surface area contributed by atoms with Crippen molar-refractivity contribution >= 4 is 23.3 Å². The van der Waals surface area contributed by atoms with Gasteiger partial charge in [0.15, 0.2) is 0 Å². The minimum Gasteiger partial charge on any atom is -0.292 e. The van der Waals surface area contributed by atoms with Crippen LogP contribution >= 0.6 is 12.2 Å². The van der Waals surface area contributed by atoms with Gasteiger partial charge in [-0.3, -0.25) is 4.99 Å². The summed E-state index contributed by atoms with van der Waals surface area (Å²) in [4.78, 5) is 4.89. The summed E-state index contributed by atoms with van der Waals surface area (Å²) in [6.45, 7) is 0.916. The summed E-state index contributed by atoms with van der Waals surface area (Å²) >= 11 is 4.77. The second-order valence-electron chi connectivity index (χ2n) is 1.25. The Balaban J connectivity index is 2.59. The molecule has 1 heterocycles. The van der Waals surface area contributed by atoms with Gasteiger partial charge in [0.2, 0.25) is 0 Å². The maximum absolute atomic E-state index is 4.77. The number of nitrogens with zero attached hydrogens (tertiary/aromatic N) is 1. The molecule has 1 nitrogen and oxygen atoms in total. The van der Waals surface area contributed by atoms with Gasteiger partial charge >= 0.3 is 0 Å². The van der Waals surface area contributed by atoms with E-state index < -0.39 is 0 Å². The zero-order chi connectivity index (χ0) is 4.41. The molecule has 6 heavy (non-hydrogen) atoms. The number of aliphatic imine (C=N–C) groups is 1. The zero-order valence-corrected chi connectivity index (χ0v) is 4.16. The van der Waals surface area contributed by atoms with E-state index in [-0.39, 0.29) is 0 Å². The first kappa shape index (κ1) is 3.93. The van der Waals surface area contributed by atoms with Crippen LogP contribution in [-0.2, 0) is 0 Å². The van der Waals surface area contributed by atoms with Gasteiger partial charge in [0.05, 0.1) is 0 Å². The van der Waals surface area contributed by atoms with Crippen molar-refractivity contribution in [2.24, 2.45) is 4.99 Å². The molecule has 1 aliphatic rings. The predicted molar refractivity (Wildman–Crippen MR) is 30.6 cm³/mol. The van der Waals surface area contributed by atoms with Crippen molar-refractivity contribution in [2.45, 2.75) is 6.42 Å². The van der Waals surface area contributed by atoms with Gasteiger partial charge in [-0.05, 0) is 0 Å². The van der Waals surface area contributed by atoms with Gasteiger partial charge < -0.3 is 0 Å². The second-order valence-corrected chi connectivity index (χ2v) is 1.78. The molecule has 0 aromatic rings. The van der Waals surface area contributed by atoms with Crippen molar-refractivity contribution in [3.05, 3.63) is 0 Å². The maximum Gasteiger partial charge on any atom is 0.0438 e. The van der Waals surface area contributed by atoms with Crippen molar-refractivity contribution in [1.82, 2.24) is 0 Å². The fourth-order valence-electron chi connectivity index (χ4n) is 0.406. The van der Waals surface area contributed by atoms with Crippen LogP contribution in [-0.4, -0.2) is 17.6 Å². The van der Waals surface area contributed by atoms with Crippen molar-refractivity contribution in [3.63, 3.8) is 0 Å². The Hall–Kier alpha value is -0.240. The van der Waals surface area contributed by atoms with E-state index in [4.69, 9.17) is 12.2 Å². The summed E-state index contributed by atoms with van der Waals surface area (Å²) in [5.74, 6) is 0. The Bertz CT molecular complexity index is 95.7. The fraction of sp³-hybridized carbons (Fsp3) is 0.500. The van der Waals surface area contributed by atoms with Gasteiger partial charge in [-0.25, -0.2) is 0 Å². The molecule has 0 unspecified atom stereocenters. The number of rotatable bonds is 0. The minimum atomic E-state index is 0.916. The molecule has 0 bridgehead atoms. The van der Waals surface area contributed by atoms with Crippen LogP contribution in [0.5, 0.6) is 0 Å². The van der Waals surface area contributed by atoms with Crippen LogP contribution in [0, 0.1) is 0 Å². The highest BCUT2D eigenvalue weighted by Crippen LogP contribution is 1.91. The lowest BCUT2D eigenvalue weighted by molar-refractivity contribution is 1.10. The van der Waals surface area contributed by atoms with Gasteiger partial charge in [0, 0.05) is 24.0 Å². The molecule has 32 valence electrons. The van der Waals surface area contributed by atoms with E-state index in [1.807, 2.05) is 0 Å². The van der Waals surface area contributed by atoms with Gasteiger partial charge in [-0.2, -0.15) is 0 Å². The van der Waals surface area contributed by atoms with Crippen LogP contribution < -0.4 is 0 Å². The minimum absolute atomic E-state index is 0.916. The Morgan fingerprint density at radius 1 is 1.83 bits per heavy atom. The summed E-state index contributed by atoms with van der Waals surface area (Å²) < 4.78 is 0. The fourth-order valence-corrected chi connectivity index (χ4v) is 0.571. The van der Waals surface area contributed by atoms with E-state index in [9.17, 15) is 0 Å². The van der Waals surface area contributed by atoms with Crippen LogP contribution in [0.2, 0.25) is 0 Å². The Kier molecular flexibility index (Phi) is 0.965. The highest BCUT2D eigenvalue weighted by molar-refractivity contribution is 7.81. The van der Waals surface area contributed by atoms with Crippen molar-refractivity contribution < 1.29 is 0 Å². The molecule has 0 aromatic heterocycles. The molecular weight excluding hydrogens is 94.1 g/mol. The van der Waals surface area contributed by atoms with Crippen molar-refractivity contribution in [1.29, 1.82) is 0 Å². The van der Waals surface area contributed by atoms with Gasteiger partial charge in [0.1, 0.15) is 0 Å². The van der Waals surface area contributed by atoms with Crippen LogP contribution in [0.4, 0.5) is 0 Å². The molecule has 0 saturated carbocycles. The third-order valence-electron chi connectivity index (χ3n) is 0.723. The Labute approximate surface area is 42.1 Å². The van der Waals surface area contributed by atoms with Gasteiger partial charge in [-0.15, -0.1) is 0 Å². The third-order valence-corrected chi connectivity index (χ3v) is 1.03. The lowest BCUT2D eigenvalue weighted by atomic mass is 10.4. The Morgan fingerprint density at radius 3 is 2.83 bits per heavy atom. The molecule has 0 N–H and O–H groups in total. The van der Waals surface area contributed by atoms with Crippen LogP contribution in [0.25, 0.3) is 0 Å². The van der Waals surface area contributed by atoms with Gasteiger partial charge in [-0.1, -0.05) is 12.2 Å². The van der Waals surface area contributed by atoms with E-state index in [0.717, 1.165) is 17.8 Å².